The van der Waals surface area contributed by atoms with E-state index in [1.165, 1.54) is 0 Å². The van der Waals surface area contributed by atoms with Gasteiger partial charge in [0, 0.05) is 30.2 Å². The number of rotatable bonds is 5. The number of methoxy groups -OCH3 is 2. The van der Waals surface area contributed by atoms with Crippen LogP contribution in [0.4, 0.5) is 0 Å². The van der Waals surface area contributed by atoms with Crippen molar-refractivity contribution in [1.29, 1.82) is 0 Å². The zero-order valence-electron chi connectivity index (χ0n) is 12.4. The average molecular weight is 309 g/mol. The molecule has 0 spiro atoms. The molecule has 1 aromatic carbocycles. The van der Waals surface area contributed by atoms with E-state index in [-0.39, 0.29) is 5.92 Å². The van der Waals surface area contributed by atoms with Gasteiger partial charge in [0.2, 0.25) is 5.88 Å². The van der Waals surface area contributed by atoms with Gasteiger partial charge >= 0.3 is 0 Å². The Kier molecular flexibility index (Phi) is 4.85. The first kappa shape index (κ1) is 15.4. The van der Waals surface area contributed by atoms with Gasteiger partial charge in [0.15, 0.2) is 0 Å². The van der Waals surface area contributed by atoms with Gasteiger partial charge in [-0.25, -0.2) is 4.98 Å². The molecule has 0 atom stereocenters. The highest BCUT2D eigenvalue weighted by Gasteiger charge is 2.10. The third kappa shape index (κ3) is 3.98. The van der Waals surface area contributed by atoms with Gasteiger partial charge in [0.25, 0.3) is 0 Å². The zero-order valence-corrected chi connectivity index (χ0v) is 13.1. The largest absolute Gasteiger partial charge is 0.496 e. The molecule has 0 saturated carbocycles. The van der Waals surface area contributed by atoms with Gasteiger partial charge in [-0.2, -0.15) is 4.98 Å². The van der Waals surface area contributed by atoms with Crippen molar-refractivity contribution in [3.8, 4) is 23.1 Å². The molecule has 5 nitrogen and oxygen atoms in total. The van der Waals surface area contributed by atoms with Crippen molar-refractivity contribution in [2.75, 3.05) is 14.2 Å². The summed E-state index contributed by atoms with van der Waals surface area (Å²) in [4.78, 5) is 8.51. The van der Waals surface area contributed by atoms with E-state index in [1.54, 1.807) is 38.5 Å². The van der Waals surface area contributed by atoms with E-state index < -0.39 is 0 Å². The SMILES string of the molecule is COc1cc(OC)cc(Oc2cc(Cl)nc(C(C)C)n2)c1. The molecule has 0 radical (unpaired) electrons. The van der Waals surface area contributed by atoms with Gasteiger partial charge in [-0.3, -0.25) is 0 Å². The van der Waals surface area contributed by atoms with Crippen LogP contribution >= 0.6 is 11.6 Å². The molecule has 0 fully saturated rings. The number of hydrogen-bond acceptors (Lipinski definition) is 5. The van der Waals surface area contributed by atoms with Crippen LogP contribution < -0.4 is 14.2 Å². The number of nitrogens with zero attached hydrogens (tertiary/aromatic N) is 2. The monoisotopic (exact) mass is 308 g/mol. The highest BCUT2D eigenvalue weighted by atomic mass is 35.5. The van der Waals surface area contributed by atoms with E-state index in [9.17, 15) is 0 Å². The van der Waals surface area contributed by atoms with Crippen LogP contribution in [0.3, 0.4) is 0 Å². The molecule has 0 unspecified atom stereocenters. The highest BCUT2D eigenvalue weighted by Crippen LogP contribution is 2.31. The maximum Gasteiger partial charge on any atom is 0.224 e. The number of ether oxygens (including phenoxy) is 3. The molecule has 0 aliphatic rings. The van der Waals surface area contributed by atoms with Crippen molar-refractivity contribution in [2.45, 2.75) is 19.8 Å². The third-order valence-corrected chi connectivity index (χ3v) is 2.95. The van der Waals surface area contributed by atoms with Crippen LogP contribution in [0.2, 0.25) is 5.15 Å². The Morgan fingerprint density at radius 1 is 0.905 bits per heavy atom. The molecule has 0 bridgehead atoms. The molecule has 1 heterocycles. The number of benzene rings is 1. The quantitative estimate of drug-likeness (QED) is 0.780. The summed E-state index contributed by atoms with van der Waals surface area (Å²) in [6.07, 6.45) is 0. The van der Waals surface area contributed by atoms with Crippen LogP contribution in [-0.2, 0) is 0 Å². The smallest absolute Gasteiger partial charge is 0.224 e. The molecule has 2 aromatic rings. The maximum atomic E-state index is 6.00. The lowest BCUT2D eigenvalue weighted by Gasteiger charge is -2.11. The summed E-state index contributed by atoms with van der Waals surface area (Å²) in [6.45, 7) is 3.98. The first-order valence-electron chi connectivity index (χ1n) is 6.47. The molecule has 0 aliphatic heterocycles. The van der Waals surface area contributed by atoms with Crippen LogP contribution in [0.15, 0.2) is 24.3 Å². The second-order valence-electron chi connectivity index (χ2n) is 4.69. The van der Waals surface area contributed by atoms with Crippen LogP contribution in [-0.4, -0.2) is 24.2 Å². The van der Waals surface area contributed by atoms with Crippen LogP contribution in [0.25, 0.3) is 0 Å². The van der Waals surface area contributed by atoms with Crippen LogP contribution in [0.1, 0.15) is 25.6 Å². The van der Waals surface area contributed by atoms with Crippen molar-refractivity contribution in [2.24, 2.45) is 0 Å². The van der Waals surface area contributed by atoms with E-state index in [4.69, 9.17) is 25.8 Å². The van der Waals surface area contributed by atoms with E-state index in [1.807, 2.05) is 13.8 Å². The Morgan fingerprint density at radius 2 is 1.48 bits per heavy atom. The van der Waals surface area contributed by atoms with E-state index in [0.717, 1.165) is 0 Å². The summed E-state index contributed by atoms with van der Waals surface area (Å²) in [5, 5.41) is 0.346. The fourth-order valence-corrected chi connectivity index (χ4v) is 1.87. The summed E-state index contributed by atoms with van der Waals surface area (Å²) in [7, 11) is 3.16. The standard InChI is InChI=1S/C15H17ClN2O3/c1-9(2)15-17-13(16)8-14(18-15)21-12-6-10(19-3)5-11(7-12)20-4/h5-9H,1-4H3. The fraction of sp³-hybridized carbons (Fsp3) is 0.333. The summed E-state index contributed by atoms with van der Waals surface area (Å²) in [5.41, 5.74) is 0. The first-order valence-corrected chi connectivity index (χ1v) is 6.85. The van der Waals surface area contributed by atoms with Gasteiger partial charge in [0.1, 0.15) is 28.2 Å². The lowest BCUT2D eigenvalue weighted by molar-refractivity contribution is 0.384. The zero-order chi connectivity index (χ0) is 15.4. The Morgan fingerprint density at radius 3 is 2.00 bits per heavy atom. The van der Waals surface area contributed by atoms with Crippen molar-refractivity contribution < 1.29 is 14.2 Å². The van der Waals surface area contributed by atoms with E-state index >= 15 is 0 Å². The molecule has 1 aromatic heterocycles. The van der Waals surface area contributed by atoms with E-state index in [0.29, 0.717) is 34.1 Å². The molecular formula is C15H17ClN2O3. The van der Waals surface area contributed by atoms with Gasteiger partial charge in [-0.05, 0) is 0 Å². The highest BCUT2D eigenvalue weighted by molar-refractivity contribution is 6.29. The number of aromatic nitrogens is 2. The van der Waals surface area contributed by atoms with Gasteiger partial charge < -0.3 is 14.2 Å². The van der Waals surface area contributed by atoms with Gasteiger partial charge in [0.05, 0.1) is 14.2 Å². The fourth-order valence-electron chi connectivity index (χ4n) is 1.69. The summed E-state index contributed by atoms with van der Waals surface area (Å²) >= 11 is 6.00. The molecule has 0 saturated heterocycles. The van der Waals surface area contributed by atoms with Crippen molar-refractivity contribution in [3.63, 3.8) is 0 Å². The molecule has 0 aliphatic carbocycles. The molecule has 0 amide bonds. The molecular weight excluding hydrogens is 292 g/mol. The second kappa shape index (κ2) is 6.63. The van der Waals surface area contributed by atoms with Gasteiger partial charge in [-0.15, -0.1) is 0 Å². The Bertz CT molecular complexity index is 610. The predicted molar refractivity (Wildman–Crippen MR) is 80.8 cm³/mol. The Balaban J connectivity index is 2.33. The minimum absolute atomic E-state index is 0.158. The maximum absolute atomic E-state index is 6.00. The third-order valence-electron chi connectivity index (χ3n) is 2.75. The summed E-state index contributed by atoms with van der Waals surface area (Å²) in [6, 6.07) is 6.82. The molecule has 2 rings (SSSR count). The minimum atomic E-state index is 0.158. The average Bonchev–Trinajstić information content (AvgIpc) is 2.46. The normalized spacial score (nSPS) is 10.6. The van der Waals surface area contributed by atoms with Crippen molar-refractivity contribution >= 4 is 11.6 Å². The van der Waals surface area contributed by atoms with E-state index in [2.05, 4.69) is 9.97 Å². The number of hydrogen-bond donors (Lipinski definition) is 0. The Labute approximate surface area is 128 Å². The lowest BCUT2D eigenvalue weighted by Crippen LogP contribution is -2.00. The number of halogens is 1. The second-order valence-corrected chi connectivity index (χ2v) is 5.08. The molecule has 112 valence electrons. The lowest BCUT2D eigenvalue weighted by atomic mass is 10.2. The summed E-state index contributed by atoms with van der Waals surface area (Å²) in [5.74, 6) is 2.99. The first-order chi connectivity index (χ1) is 10.0. The van der Waals surface area contributed by atoms with Gasteiger partial charge in [-0.1, -0.05) is 25.4 Å². The Hall–Kier alpha value is -2.01. The molecule has 21 heavy (non-hydrogen) atoms. The van der Waals surface area contributed by atoms with Crippen LogP contribution in [0, 0.1) is 0 Å². The molecule has 0 N–H and O–H groups in total. The topological polar surface area (TPSA) is 53.5 Å². The van der Waals surface area contributed by atoms with Crippen LogP contribution in [0.5, 0.6) is 23.1 Å². The summed E-state index contributed by atoms with van der Waals surface area (Å²) < 4.78 is 16.1. The minimum Gasteiger partial charge on any atom is -0.496 e. The molecule has 6 heteroatoms. The van der Waals surface area contributed by atoms with Crippen molar-refractivity contribution in [3.05, 3.63) is 35.2 Å². The predicted octanol–water partition coefficient (Wildman–Crippen LogP) is 4.06. The van der Waals surface area contributed by atoms with Crippen molar-refractivity contribution in [1.82, 2.24) is 9.97 Å².